The molecule has 0 aliphatic rings. The molecule has 0 aliphatic carbocycles. The minimum Gasteiger partial charge on any atom is -0.507 e. The van der Waals surface area contributed by atoms with Crippen LogP contribution in [-0.2, 0) is 0 Å². The lowest BCUT2D eigenvalue weighted by molar-refractivity contribution is 0.0950. The fourth-order valence-electron chi connectivity index (χ4n) is 2.76. The summed E-state index contributed by atoms with van der Waals surface area (Å²) < 4.78 is 11.1. The van der Waals surface area contributed by atoms with Gasteiger partial charge in [-0.3, -0.25) is 4.79 Å². The Morgan fingerprint density at radius 1 is 1.26 bits per heavy atom. The van der Waals surface area contributed by atoms with Crippen LogP contribution in [0.25, 0.3) is 17.1 Å². The number of aromatic nitrogens is 5. The highest BCUT2D eigenvalue weighted by Gasteiger charge is 2.25. The Labute approximate surface area is 174 Å². The Hall–Kier alpha value is -4.74. The van der Waals surface area contributed by atoms with Crippen molar-refractivity contribution in [3.05, 3.63) is 59.8 Å². The fraction of sp³-hybridized carbons (Fsp3) is 0.0526. The van der Waals surface area contributed by atoms with Crippen LogP contribution in [-0.4, -0.2) is 49.6 Å². The quantitative estimate of drug-likeness (QED) is 0.308. The molecule has 0 radical (unpaired) electrons. The third-order valence-electron chi connectivity index (χ3n) is 4.23. The number of para-hydroxylation sites is 1. The van der Waals surface area contributed by atoms with Crippen LogP contribution in [0.4, 0.5) is 5.82 Å². The number of carbonyl (C=O) groups excluding carboxylic acids is 1. The number of amides is 1. The number of carbonyl (C=O) groups is 1. The van der Waals surface area contributed by atoms with Crippen LogP contribution in [0.2, 0.25) is 0 Å². The molecule has 0 saturated carbocycles. The van der Waals surface area contributed by atoms with E-state index in [9.17, 15) is 9.90 Å². The average Bonchev–Trinajstić information content (AvgIpc) is 3.41. The Balaban J connectivity index is 1.72. The number of methoxy groups -OCH3 is 1. The molecule has 0 unspecified atom stereocenters. The third-order valence-corrected chi connectivity index (χ3v) is 4.23. The van der Waals surface area contributed by atoms with E-state index in [0.717, 1.165) is 0 Å². The molecule has 0 atom stereocenters. The van der Waals surface area contributed by atoms with Crippen molar-refractivity contribution in [1.82, 2.24) is 30.7 Å². The lowest BCUT2D eigenvalue weighted by atomic mass is 10.1. The first-order valence-electron chi connectivity index (χ1n) is 8.88. The number of nitrogens with zero attached hydrogens (tertiary/aromatic N) is 6. The van der Waals surface area contributed by atoms with Gasteiger partial charge in [-0.2, -0.15) is 9.78 Å². The Bertz CT molecular complexity index is 1260. The number of nitrogen functional groups attached to an aromatic ring is 1. The van der Waals surface area contributed by atoms with Gasteiger partial charge >= 0.3 is 0 Å². The molecule has 156 valence electrons. The Morgan fingerprint density at radius 2 is 2.10 bits per heavy atom. The maximum absolute atomic E-state index is 12.8. The number of hydrogen-bond donors (Lipinski definition) is 3. The van der Waals surface area contributed by atoms with E-state index in [4.69, 9.17) is 10.5 Å². The van der Waals surface area contributed by atoms with E-state index in [0.29, 0.717) is 16.9 Å². The van der Waals surface area contributed by atoms with Gasteiger partial charge < -0.3 is 15.6 Å². The number of nitrogens with two attached hydrogens (primary N) is 1. The average molecular weight is 420 g/mol. The largest absolute Gasteiger partial charge is 0.507 e. The minimum atomic E-state index is -0.647. The fourth-order valence-corrected chi connectivity index (χ4v) is 2.76. The highest BCUT2D eigenvalue weighted by atomic mass is 16.6. The first-order valence-corrected chi connectivity index (χ1v) is 8.88. The van der Waals surface area contributed by atoms with E-state index in [2.05, 4.69) is 35.8 Å². The summed E-state index contributed by atoms with van der Waals surface area (Å²) in [6.45, 7) is 0. The number of ether oxygens (including phenoxy) is 1. The lowest BCUT2D eigenvalue weighted by Crippen LogP contribution is -2.19. The molecule has 0 aliphatic heterocycles. The molecule has 1 amide bonds. The zero-order chi connectivity index (χ0) is 21.8. The molecule has 0 fully saturated rings. The van der Waals surface area contributed by atoms with Gasteiger partial charge in [-0.05, 0) is 34.6 Å². The van der Waals surface area contributed by atoms with Gasteiger partial charge in [0.05, 0.1) is 13.3 Å². The van der Waals surface area contributed by atoms with Crippen molar-refractivity contribution < 1.29 is 19.3 Å². The molecule has 4 rings (SSSR count). The number of benzene rings is 2. The second-order valence-electron chi connectivity index (χ2n) is 6.16. The summed E-state index contributed by atoms with van der Waals surface area (Å²) in [5, 5.41) is 28.9. The van der Waals surface area contributed by atoms with Gasteiger partial charge in [0.2, 0.25) is 11.6 Å². The van der Waals surface area contributed by atoms with Crippen LogP contribution < -0.4 is 15.9 Å². The van der Waals surface area contributed by atoms with Crippen molar-refractivity contribution in [2.45, 2.75) is 0 Å². The SMILES string of the molecule is COc1cccc(-c2c(C(=O)N/N=C\c3ccccc3O)nnn2-c2nonc2N)c1. The van der Waals surface area contributed by atoms with Crippen LogP contribution in [0, 0.1) is 0 Å². The normalized spacial score (nSPS) is 11.0. The van der Waals surface area contributed by atoms with E-state index < -0.39 is 5.91 Å². The monoisotopic (exact) mass is 420 g/mol. The predicted molar refractivity (Wildman–Crippen MR) is 109 cm³/mol. The van der Waals surface area contributed by atoms with E-state index >= 15 is 0 Å². The van der Waals surface area contributed by atoms with Crippen LogP contribution in [0.5, 0.6) is 11.5 Å². The molecular formula is C19H16N8O4. The highest BCUT2D eigenvalue weighted by Crippen LogP contribution is 2.29. The summed E-state index contributed by atoms with van der Waals surface area (Å²) in [5.41, 5.74) is 9.37. The lowest BCUT2D eigenvalue weighted by Gasteiger charge is -2.07. The van der Waals surface area contributed by atoms with Gasteiger partial charge in [-0.25, -0.2) is 10.1 Å². The molecular weight excluding hydrogens is 404 g/mol. The minimum absolute atomic E-state index is 0.0255. The van der Waals surface area contributed by atoms with E-state index in [1.807, 2.05) is 0 Å². The summed E-state index contributed by atoms with van der Waals surface area (Å²) in [6.07, 6.45) is 1.31. The van der Waals surface area contributed by atoms with Gasteiger partial charge in [0.1, 0.15) is 17.2 Å². The van der Waals surface area contributed by atoms with Crippen LogP contribution >= 0.6 is 0 Å². The molecule has 0 spiro atoms. The summed E-state index contributed by atoms with van der Waals surface area (Å²) in [7, 11) is 1.52. The van der Waals surface area contributed by atoms with Crippen molar-refractivity contribution in [2.24, 2.45) is 5.10 Å². The standard InChI is InChI=1S/C19H16N8O4/c1-30-13-7-4-6-11(9-13)16-15(22-26-27(16)18-17(20)24-31-25-18)19(29)23-21-10-12-5-2-3-8-14(12)28/h2-10,28H,1H3,(H2,20,24)(H,23,29)/b21-10-. The molecule has 2 aromatic heterocycles. The molecule has 0 saturated heterocycles. The highest BCUT2D eigenvalue weighted by molar-refractivity contribution is 5.99. The number of hydrazone groups is 1. The summed E-state index contributed by atoms with van der Waals surface area (Å²) in [5.74, 6) is -0.0237. The molecule has 2 heterocycles. The first-order chi connectivity index (χ1) is 15.1. The van der Waals surface area contributed by atoms with Gasteiger partial charge in [-0.1, -0.05) is 29.5 Å². The Morgan fingerprint density at radius 3 is 2.84 bits per heavy atom. The van der Waals surface area contributed by atoms with Gasteiger partial charge in [0.25, 0.3) is 5.91 Å². The van der Waals surface area contributed by atoms with Crippen molar-refractivity contribution in [2.75, 3.05) is 12.8 Å². The molecule has 4 aromatic rings. The second kappa shape index (κ2) is 8.32. The third kappa shape index (κ3) is 3.89. The molecule has 4 N–H and O–H groups in total. The predicted octanol–water partition coefficient (Wildman–Crippen LogP) is 1.38. The van der Waals surface area contributed by atoms with Crippen molar-refractivity contribution >= 4 is 17.9 Å². The van der Waals surface area contributed by atoms with Crippen molar-refractivity contribution in [3.8, 4) is 28.6 Å². The van der Waals surface area contributed by atoms with Gasteiger partial charge in [-0.15, -0.1) is 5.10 Å². The number of rotatable bonds is 6. The number of phenols is 1. The molecule has 12 nitrogen and oxygen atoms in total. The number of nitrogens with one attached hydrogen (secondary N) is 1. The maximum Gasteiger partial charge on any atom is 0.294 e. The molecule has 12 heteroatoms. The molecule has 0 bridgehead atoms. The summed E-state index contributed by atoms with van der Waals surface area (Å²) >= 11 is 0. The van der Waals surface area contributed by atoms with Crippen LogP contribution in [0.1, 0.15) is 16.1 Å². The zero-order valence-electron chi connectivity index (χ0n) is 16.1. The van der Waals surface area contributed by atoms with Crippen molar-refractivity contribution in [3.63, 3.8) is 0 Å². The van der Waals surface area contributed by atoms with Crippen molar-refractivity contribution in [1.29, 1.82) is 0 Å². The number of anilines is 1. The van der Waals surface area contributed by atoms with E-state index in [1.54, 1.807) is 42.5 Å². The first kappa shape index (κ1) is 19.6. The zero-order valence-corrected chi connectivity index (χ0v) is 16.1. The van der Waals surface area contributed by atoms with E-state index in [-0.39, 0.29) is 28.8 Å². The number of phenolic OH excluding ortho intramolecular Hbond substituents is 1. The van der Waals surface area contributed by atoms with Gasteiger partial charge in [0.15, 0.2) is 5.69 Å². The molecule has 2 aromatic carbocycles. The van der Waals surface area contributed by atoms with Gasteiger partial charge in [0, 0.05) is 11.1 Å². The number of aromatic hydroxyl groups is 1. The number of hydrogen-bond acceptors (Lipinski definition) is 10. The smallest absolute Gasteiger partial charge is 0.294 e. The van der Waals surface area contributed by atoms with Crippen LogP contribution in [0.3, 0.4) is 0 Å². The maximum atomic E-state index is 12.8. The molecule has 31 heavy (non-hydrogen) atoms. The Kier molecular flexibility index (Phi) is 5.26. The second-order valence-corrected chi connectivity index (χ2v) is 6.16. The summed E-state index contributed by atoms with van der Waals surface area (Å²) in [4.78, 5) is 12.8. The van der Waals surface area contributed by atoms with E-state index in [1.165, 1.54) is 24.1 Å². The topological polar surface area (TPSA) is 167 Å². The van der Waals surface area contributed by atoms with Crippen LogP contribution in [0.15, 0.2) is 58.3 Å². The summed E-state index contributed by atoms with van der Waals surface area (Å²) in [6, 6.07) is 13.5.